The molecule has 0 amide bonds. The Labute approximate surface area is 138 Å². The predicted octanol–water partition coefficient (Wildman–Crippen LogP) is 4.72. The molecule has 0 aliphatic heterocycles. The number of benzene rings is 2. The van der Waals surface area contributed by atoms with E-state index in [1.165, 1.54) is 0 Å². The maximum atomic E-state index is 10.7. The molecule has 0 atom stereocenters. The number of rotatable bonds is 7. The number of phenolic OH excluding ortho intramolecular Hbond substituents is 1. The van der Waals surface area contributed by atoms with Crippen molar-refractivity contribution in [3.63, 3.8) is 0 Å². The summed E-state index contributed by atoms with van der Waals surface area (Å²) in [6, 6.07) is 11.4. The Balaban J connectivity index is 2.61. The Morgan fingerprint density at radius 2 is 1.74 bits per heavy atom. The molecule has 3 heteroatoms. The summed E-state index contributed by atoms with van der Waals surface area (Å²) in [5.41, 5.74) is 3.62. The van der Waals surface area contributed by atoms with E-state index in [4.69, 9.17) is 10.1 Å². The maximum Gasteiger partial charge on any atom is 0.131 e. The molecule has 0 radical (unpaired) electrons. The number of hydrogen-bond acceptors (Lipinski definition) is 3. The molecule has 122 valence electrons. The average molecular weight is 311 g/mol. The Kier molecular flexibility index (Phi) is 5.80. The van der Waals surface area contributed by atoms with Gasteiger partial charge >= 0.3 is 0 Å². The molecule has 0 saturated carbocycles. The minimum Gasteiger partial charge on any atom is -0.507 e. The molecule has 0 saturated heterocycles. The molecule has 3 nitrogen and oxygen atoms in total. The van der Waals surface area contributed by atoms with Crippen LogP contribution in [-0.4, -0.2) is 17.9 Å². The van der Waals surface area contributed by atoms with Crippen LogP contribution >= 0.6 is 0 Å². The summed E-state index contributed by atoms with van der Waals surface area (Å²) in [6.07, 6.45) is 3.51. The van der Waals surface area contributed by atoms with Crippen molar-refractivity contribution in [2.75, 3.05) is 7.11 Å². The van der Waals surface area contributed by atoms with Crippen molar-refractivity contribution in [1.29, 1.82) is 5.41 Å². The van der Waals surface area contributed by atoms with Crippen molar-refractivity contribution < 1.29 is 9.84 Å². The molecular weight excluding hydrogens is 286 g/mol. The molecule has 0 bridgehead atoms. The van der Waals surface area contributed by atoms with E-state index in [-0.39, 0.29) is 5.75 Å². The highest BCUT2D eigenvalue weighted by Gasteiger charge is 2.20. The van der Waals surface area contributed by atoms with Crippen LogP contribution in [0.5, 0.6) is 11.5 Å². The van der Waals surface area contributed by atoms with Gasteiger partial charge in [-0.3, -0.25) is 5.41 Å². The molecular formula is C20H25NO2. The number of nitrogens with one attached hydrogen (secondary N) is 1. The standard InChI is InChI=1S/C20H25NO2/c1-4-9-15-13-17(18(21)14-11-7-6-8-12-14)19(22)16(10-5-2)20(15)23-3/h6-8,11-13,21-22H,4-5,9-10H2,1-3H3. The van der Waals surface area contributed by atoms with E-state index < -0.39 is 0 Å². The molecule has 23 heavy (non-hydrogen) atoms. The summed E-state index contributed by atoms with van der Waals surface area (Å²) in [5.74, 6) is 0.952. The number of methoxy groups -OCH3 is 1. The molecule has 0 fully saturated rings. The molecule has 2 aromatic rings. The monoisotopic (exact) mass is 311 g/mol. The largest absolute Gasteiger partial charge is 0.507 e. The summed E-state index contributed by atoms with van der Waals surface area (Å²) in [6.45, 7) is 4.20. The highest BCUT2D eigenvalue weighted by Crippen LogP contribution is 2.37. The first-order chi connectivity index (χ1) is 11.1. The molecule has 0 spiro atoms. The van der Waals surface area contributed by atoms with Gasteiger partial charge < -0.3 is 9.84 Å². The summed E-state index contributed by atoms with van der Waals surface area (Å²) in [5, 5.41) is 19.2. The number of aromatic hydroxyl groups is 1. The van der Waals surface area contributed by atoms with E-state index in [2.05, 4.69) is 13.8 Å². The Morgan fingerprint density at radius 3 is 2.30 bits per heavy atom. The van der Waals surface area contributed by atoms with Gasteiger partial charge in [-0.15, -0.1) is 0 Å². The number of hydrogen-bond donors (Lipinski definition) is 2. The smallest absolute Gasteiger partial charge is 0.131 e. The molecule has 0 aliphatic rings. The molecule has 2 aromatic carbocycles. The van der Waals surface area contributed by atoms with Crippen molar-refractivity contribution in [3.05, 3.63) is 58.7 Å². The highest BCUT2D eigenvalue weighted by molar-refractivity contribution is 6.13. The fraction of sp³-hybridized carbons (Fsp3) is 0.350. The normalized spacial score (nSPS) is 10.6. The molecule has 0 unspecified atom stereocenters. The fourth-order valence-electron chi connectivity index (χ4n) is 2.91. The van der Waals surface area contributed by atoms with Gasteiger partial charge in [0.1, 0.15) is 11.5 Å². The van der Waals surface area contributed by atoms with Crippen LogP contribution in [0.1, 0.15) is 48.9 Å². The predicted molar refractivity (Wildman–Crippen MR) is 95.0 cm³/mol. The number of phenols is 1. The summed E-state index contributed by atoms with van der Waals surface area (Å²) < 4.78 is 5.57. The highest BCUT2D eigenvalue weighted by atomic mass is 16.5. The van der Waals surface area contributed by atoms with Crippen molar-refractivity contribution in [1.82, 2.24) is 0 Å². The lowest BCUT2D eigenvalue weighted by molar-refractivity contribution is 0.394. The van der Waals surface area contributed by atoms with Crippen LogP contribution in [0.4, 0.5) is 0 Å². The lowest BCUT2D eigenvalue weighted by Crippen LogP contribution is -2.07. The van der Waals surface area contributed by atoms with Gasteiger partial charge in [-0.25, -0.2) is 0 Å². The summed E-state index contributed by atoms with van der Waals surface area (Å²) in [4.78, 5) is 0. The van der Waals surface area contributed by atoms with Crippen LogP contribution in [0, 0.1) is 5.41 Å². The second kappa shape index (κ2) is 7.82. The van der Waals surface area contributed by atoms with Crippen molar-refractivity contribution in [3.8, 4) is 11.5 Å². The second-order valence-corrected chi connectivity index (χ2v) is 5.68. The summed E-state index contributed by atoms with van der Waals surface area (Å²) >= 11 is 0. The van der Waals surface area contributed by atoms with E-state index in [1.54, 1.807) is 7.11 Å². The van der Waals surface area contributed by atoms with Crippen molar-refractivity contribution in [2.24, 2.45) is 0 Å². The minimum atomic E-state index is 0.178. The lowest BCUT2D eigenvalue weighted by atomic mass is 9.92. The van der Waals surface area contributed by atoms with Crippen LogP contribution in [-0.2, 0) is 12.8 Å². The third kappa shape index (κ3) is 3.55. The van der Waals surface area contributed by atoms with Gasteiger partial charge in [-0.2, -0.15) is 0 Å². The SMILES string of the molecule is CCCc1cc(C(=N)c2ccccc2)c(O)c(CCC)c1OC. The zero-order valence-corrected chi connectivity index (χ0v) is 14.1. The van der Waals surface area contributed by atoms with E-state index in [0.717, 1.165) is 48.1 Å². The topological polar surface area (TPSA) is 53.3 Å². The van der Waals surface area contributed by atoms with Crippen molar-refractivity contribution >= 4 is 5.71 Å². The van der Waals surface area contributed by atoms with E-state index in [0.29, 0.717) is 11.3 Å². The van der Waals surface area contributed by atoms with Gasteiger partial charge in [0.25, 0.3) is 0 Å². The third-order valence-corrected chi connectivity index (χ3v) is 3.98. The van der Waals surface area contributed by atoms with E-state index >= 15 is 0 Å². The number of aryl methyl sites for hydroxylation is 1. The van der Waals surface area contributed by atoms with Gasteiger partial charge in [-0.05, 0) is 24.5 Å². The quantitative estimate of drug-likeness (QED) is 0.727. The first kappa shape index (κ1) is 17.1. The van der Waals surface area contributed by atoms with Crippen LogP contribution in [0.15, 0.2) is 36.4 Å². The minimum absolute atomic E-state index is 0.178. The average Bonchev–Trinajstić information content (AvgIpc) is 2.58. The van der Waals surface area contributed by atoms with Crippen LogP contribution in [0.3, 0.4) is 0 Å². The van der Waals surface area contributed by atoms with Crippen LogP contribution in [0.2, 0.25) is 0 Å². The van der Waals surface area contributed by atoms with Gasteiger partial charge in [0.2, 0.25) is 0 Å². The van der Waals surface area contributed by atoms with Gasteiger partial charge in [0.05, 0.1) is 12.8 Å². The Morgan fingerprint density at radius 1 is 1.09 bits per heavy atom. The van der Waals surface area contributed by atoms with Crippen molar-refractivity contribution in [2.45, 2.75) is 39.5 Å². The zero-order chi connectivity index (χ0) is 16.8. The zero-order valence-electron chi connectivity index (χ0n) is 14.1. The molecule has 2 rings (SSSR count). The van der Waals surface area contributed by atoms with Gasteiger partial charge in [-0.1, -0.05) is 57.0 Å². The van der Waals surface area contributed by atoms with E-state index in [1.807, 2.05) is 36.4 Å². The third-order valence-electron chi connectivity index (χ3n) is 3.98. The maximum absolute atomic E-state index is 10.7. The molecule has 0 aliphatic carbocycles. The van der Waals surface area contributed by atoms with Gasteiger partial charge in [0.15, 0.2) is 0 Å². The number of ether oxygens (including phenoxy) is 1. The molecule has 0 aromatic heterocycles. The Bertz CT molecular complexity index is 678. The molecule has 0 heterocycles. The fourth-order valence-corrected chi connectivity index (χ4v) is 2.91. The Hall–Kier alpha value is -2.29. The van der Waals surface area contributed by atoms with Crippen LogP contribution in [0.25, 0.3) is 0 Å². The second-order valence-electron chi connectivity index (χ2n) is 5.68. The van der Waals surface area contributed by atoms with Gasteiger partial charge in [0, 0.05) is 16.7 Å². The van der Waals surface area contributed by atoms with E-state index in [9.17, 15) is 5.11 Å². The first-order valence-electron chi connectivity index (χ1n) is 8.20. The first-order valence-corrected chi connectivity index (χ1v) is 8.20. The lowest BCUT2D eigenvalue weighted by Gasteiger charge is -2.18. The van der Waals surface area contributed by atoms with Crippen LogP contribution < -0.4 is 4.74 Å². The summed E-state index contributed by atoms with van der Waals surface area (Å²) in [7, 11) is 1.65. The molecule has 2 N–H and O–H groups in total.